The number of aromatic nitrogens is 2. The van der Waals surface area contributed by atoms with Crippen LogP contribution >= 0.6 is 11.8 Å². The Morgan fingerprint density at radius 1 is 1.33 bits per heavy atom. The molecule has 1 aromatic carbocycles. The van der Waals surface area contributed by atoms with Crippen molar-refractivity contribution in [2.45, 2.75) is 17.0 Å². The molecular formula is C12H11N3O2S. The number of rotatable bonds is 3. The smallest absolute Gasteiger partial charge is 0.336 e. The third-order valence-corrected chi connectivity index (χ3v) is 3.15. The summed E-state index contributed by atoms with van der Waals surface area (Å²) in [6, 6.07) is 4.65. The third-order valence-electron chi connectivity index (χ3n) is 2.19. The van der Waals surface area contributed by atoms with Crippen LogP contribution in [0.2, 0.25) is 0 Å². The standard InChI is InChI=1S/C12H11N3O2S/c1-7-5-14-12(15-6-7)18-10-4-8(13)2-3-9(10)11(16)17/h2-6H,13H2,1H3,(H,16,17). The fourth-order valence-electron chi connectivity index (χ4n) is 1.33. The number of carbonyl (C=O) groups is 1. The Balaban J connectivity index is 2.35. The lowest BCUT2D eigenvalue weighted by Gasteiger charge is -2.05. The molecule has 0 radical (unpaired) electrons. The molecule has 0 atom stereocenters. The summed E-state index contributed by atoms with van der Waals surface area (Å²) in [5.41, 5.74) is 7.31. The van der Waals surface area contributed by atoms with E-state index in [1.807, 2.05) is 6.92 Å². The van der Waals surface area contributed by atoms with Crippen molar-refractivity contribution >= 4 is 23.4 Å². The highest BCUT2D eigenvalue weighted by Crippen LogP contribution is 2.29. The second-order valence-electron chi connectivity index (χ2n) is 3.71. The van der Waals surface area contributed by atoms with Crippen molar-refractivity contribution in [3.63, 3.8) is 0 Å². The number of carboxylic acids is 1. The van der Waals surface area contributed by atoms with E-state index in [0.717, 1.165) is 5.56 Å². The van der Waals surface area contributed by atoms with Crippen LogP contribution < -0.4 is 5.73 Å². The summed E-state index contributed by atoms with van der Waals surface area (Å²) in [7, 11) is 0. The monoisotopic (exact) mass is 261 g/mol. The van der Waals surface area contributed by atoms with E-state index in [2.05, 4.69) is 9.97 Å². The average Bonchev–Trinajstić information content (AvgIpc) is 2.32. The van der Waals surface area contributed by atoms with Crippen LogP contribution in [0, 0.1) is 6.92 Å². The van der Waals surface area contributed by atoms with E-state index >= 15 is 0 Å². The highest BCUT2D eigenvalue weighted by atomic mass is 32.2. The van der Waals surface area contributed by atoms with Crippen LogP contribution in [0.25, 0.3) is 0 Å². The first-order valence-electron chi connectivity index (χ1n) is 5.15. The molecular weight excluding hydrogens is 250 g/mol. The van der Waals surface area contributed by atoms with Crippen molar-refractivity contribution in [3.05, 3.63) is 41.7 Å². The minimum atomic E-state index is -0.996. The van der Waals surface area contributed by atoms with E-state index in [1.54, 1.807) is 24.5 Å². The first kappa shape index (κ1) is 12.4. The van der Waals surface area contributed by atoms with Crippen LogP contribution in [0.4, 0.5) is 5.69 Å². The Morgan fingerprint density at radius 3 is 2.61 bits per heavy atom. The highest BCUT2D eigenvalue weighted by Gasteiger charge is 2.12. The first-order chi connectivity index (χ1) is 8.56. The number of nitrogens with two attached hydrogens (primary N) is 1. The Hall–Kier alpha value is -2.08. The fraction of sp³-hybridized carbons (Fsp3) is 0.0833. The number of carboxylic acid groups (broad SMARTS) is 1. The van der Waals surface area contributed by atoms with Gasteiger partial charge >= 0.3 is 5.97 Å². The van der Waals surface area contributed by atoms with Gasteiger partial charge in [-0.05, 0) is 42.4 Å². The van der Waals surface area contributed by atoms with Crippen molar-refractivity contribution in [2.24, 2.45) is 0 Å². The molecule has 0 saturated heterocycles. The Kier molecular flexibility index (Phi) is 3.47. The lowest BCUT2D eigenvalue weighted by molar-refractivity contribution is 0.0693. The van der Waals surface area contributed by atoms with Gasteiger partial charge in [0.2, 0.25) is 0 Å². The Morgan fingerprint density at radius 2 is 2.00 bits per heavy atom. The van der Waals surface area contributed by atoms with Gasteiger partial charge in [0, 0.05) is 23.0 Å². The zero-order chi connectivity index (χ0) is 13.1. The van der Waals surface area contributed by atoms with Crippen LogP contribution in [-0.4, -0.2) is 21.0 Å². The van der Waals surface area contributed by atoms with Gasteiger partial charge in [-0.3, -0.25) is 0 Å². The molecule has 1 aromatic heterocycles. The van der Waals surface area contributed by atoms with E-state index in [4.69, 9.17) is 10.8 Å². The number of hydrogen-bond donors (Lipinski definition) is 2. The van der Waals surface area contributed by atoms with Gasteiger partial charge in [0.15, 0.2) is 5.16 Å². The fourth-order valence-corrected chi connectivity index (χ4v) is 2.20. The van der Waals surface area contributed by atoms with E-state index in [0.29, 0.717) is 15.7 Å². The molecule has 0 aliphatic heterocycles. The van der Waals surface area contributed by atoms with Crippen molar-refractivity contribution in [2.75, 3.05) is 5.73 Å². The molecule has 5 nitrogen and oxygen atoms in total. The maximum Gasteiger partial charge on any atom is 0.336 e. The first-order valence-corrected chi connectivity index (χ1v) is 5.97. The number of benzene rings is 1. The minimum Gasteiger partial charge on any atom is -0.478 e. The molecule has 0 aliphatic rings. The molecule has 2 rings (SSSR count). The average molecular weight is 261 g/mol. The van der Waals surface area contributed by atoms with E-state index in [-0.39, 0.29) is 5.56 Å². The molecule has 0 bridgehead atoms. The molecule has 0 saturated carbocycles. The van der Waals surface area contributed by atoms with Gasteiger partial charge in [-0.15, -0.1) is 0 Å². The molecule has 92 valence electrons. The van der Waals surface area contributed by atoms with Crippen molar-refractivity contribution in [1.29, 1.82) is 0 Å². The predicted octanol–water partition coefficient (Wildman–Crippen LogP) is 2.22. The number of nitrogen functional groups attached to an aromatic ring is 1. The van der Waals surface area contributed by atoms with Gasteiger partial charge in [-0.25, -0.2) is 14.8 Å². The third kappa shape index (κ3) is 2.78. The lowest BCUT2D eigenvalue weighted by atomic mass is 10.2. The highest BCUT2D eigenvalue weighted by molar-refractivity contribution is 7.99. The summed E-state index contributed by atoms with van der Waals surface area (Å²) in [4.78, 5) is 19.9. The van der Waals surface area contributed by atoms with Gasteiger partial charge in [0.25, 0.3) is 0 Å². The lowest BCUT2D eigenvalue weighted by Crippen LogP contribution is -2.00. The SMILES string of the molecule is Cc1cnc(Sc2cc(N)ccc2C(=O)O)nc1. The van der Waals surface area contributed by atoms with Crippen molar-refractivity contribution in [1.82, 2.24) is 9.97 Å². The molecule has 0 spiro atoms. The van der Waals surface area contributed by atoms with Gasteiger partial charge in [-0.2, -0.15) is 0 Å². The Bertz CT molecular complexity index is 584. The summed E-state index contributed by atoms with van der Waals surface area (Å²) >= 11 is 1.18. The number of aryl methyl sites for hydroxylation is 1. The maximum absolute atomic E-state index is 11.1. The largest absolute Gasteiger partial charge is 0.478 e. The summed E-state index contributed by atoms with van der Waals surface area (Å²) in [5, 5.41) is 9.58. The normalized spacial score (nSPS) is 10.3. The van der Waals surface area contributed by atoms with E-state index < -0.39 is 5.97 Å². The van der Waals surface area contributed by atoms with Crippen LogP contribution in [0.3, 0.4) is 0 Å². The molecule has 0 unspecified atom stereocenters. The second-order valence-corrected chi connectivity index (χ2v) is 4.71. The summed E-state index contributed by atoms with van der Waals surface area (Å²) in [6.45, 7) is 1.89. The predicted molar refractivity (Wildman–Crippen MR) is 68.7 cm³/mol. The van der Waals surface area contributed by atoms with Gasteiger partial charge in [0.05, 0.1) is 5.56 Å². The number of anilines is 1. The zero-order valence-corrected chi connectivity index (χ0v) is 10.4. The Labute approximate surface area is 108 Å². The van der Waals surface area contributed by atoms with Crippen LogP contribution in [-0.2, 0) is 0 Å². The number of nitrogens with zero attached hydrogens (tertiary/aromatic N) is 2. The second kappa shape index (κ2) is 5.05. The summed E-state index contributed by atoms with van der Waals surface area (Å²) < 4.78 is 0. The maximum atomic E-state index is 11.1. The van der Waals surface area contributed by atoms with Crippen LogP contribution in [0.1, 0.15) is 15.9 Å². The van der Waals surface area contributed by atoms with E-state index in [1.165, 1.54) is 17.8 Å². The van der Waals surface area contributed by atoms with Gasteiger partial charge in [-0.1, -0.05) is 0 Å². The number of hydrogen-bond acceptors (Lipinski definition) is 5. The summed E-state index contributed by atoms with van der Waals surface area (Å²) in [5.74, 6) is -0.996. The molecule has 0 aliphatic carbocycles. The van der Waals surface area contributed by atoms with E-state index in [9.17, 15) is 4.79 Å². The molecule has 2 aromatic rings. The molecule has 0 amide bonds. The molecule has 3 N–H and O–H groups in total. The minimum absolute atomic E-state index is 0.193. The summed E-state index contributed by atoms with van der Waals surface area (Å²) in [6.07, 6.45) is 3.37. The van der Waals surface area contributed by atoms with Crippen LogP contribution in [0.15, 0.2) is 40.6 Å². The molecule has 6 heteroatoms. The quantitative estimate of drug-likeness (QED) is 0.650. The zero-order valence-electron chi connectivity index (χ0n) is 9.62. The van der Waals surface area contributed by atoms with Gasteiger partial charge in [0.1, 0.15) is 0 Å². The van der Waals surface area contributed by atoms with Crippen molar-refractivity contribution in [3.8, 4) is 0 Å². The number of aromatic carboxylic acids is 1. The molecule has 1 heterocycles. The molecule has 18 heavy (non-hydrogen) atoms. The van der Waals surface area contributed by atoms with Gasteiger partial charge < -0.3 is 10.8 Å². The van der Waals surface area contributed by atoms with Crippen molar-refractivity contribution < 1.29 is 9.90 Å². The molecule has 0 fully saturated rings. The topological polar surface area (TPSA) is 89.1 Å². The van der Waals surface area contributed by atoms with Crippen LogP contribution in [0.5, 0.6) is 0 Å².